The van der Waals surface area contributed by atoms with Crippen LogP contribution in [0.1, 0.15) is 44.6 Å². The molecular formula is C22H35IN4O3. The summed E-state index contributed by atoms with van der Waals surface area (Å²) >= 11 is 0. The van der Waals surface area contributed by atoms with Gasteiger partial charge in [-0.2, -0.15) is 0 Å². The van der Waals surface area contributed by atoms with E-state index in [1.54, 1.807) is 0 Å². The summed E-state index contributed by atoms with van der Waals surface area (Å²) < 4.78 is 11.1. The third-order valence-electron chi connectivity index (χ3n) is 5.29. The third kappa shape index (κ3) is 8.39. The number of anilines is 1. The van der Waals surface area contributed by atoms with E-state index >= 15 is 0 Å². The van der Waals surface area contributed by atoms with E-state index in [2.05, 4.69) is 27.9 Å². The number of hydrogen-bond donors (Lipinski definition) is 3. The minimum absolute atomic E-state index is 0. The van der Waals surface area contributed by atoms with Gasteiger partial charge < -0.3 is 25.4 Å². The number of carbonyl (C=O) groups is 1. The predicted octanol–water partition coefficient (Wildman–Crippen LogP) is 3.29. The van der Waals surface area contributed by atoms with E-state index < -0.39 is 0 Å². The lowest BCUT2D eigenvalue weighted by atomic mass is 9.85. The summed E-state index contributed by atoms with van der Waals surface area (Å²) in [6.07, 6.45) is 5.35. The zero-order valence-corrected chi connectivity index (χ0v) is 20.2. The number of benzene rings is 1. The number of nitrogens with one attached hydrogen (secondary N) is 3. The molecule has 2 fully saturated rings. The van der Waals surface area contributed by atoms with Gasteiger partial charge in [-0.1, -0.05) is 18.6 Å². The van der Waals surface area contributed by atoms with Crippen LogP contribution in [0.3, 0.4) is 0 Å². The molecule has 1 aliphatic carbocycles. The van der Waals surface area contributed by atoms with Crippen LogP contribution in [0.15, 0.2) is 29.3 Å². The zero-order valence-electron chi connectivity index (χ0n) is 17.8. The molecule has 168 valence electrons. The molecule has 2 aliphatic rings. The Labute approximate surface area is 196 Å². The van der Waals surface area contributed by atoms with Crippen LogP contribution in [0.5, 0.6) is 0 Å². The quantitative estimate of drug-likeness (QED) is 0.187. The first-order valence-corrected chi connectivity index (χ1v) is 10.9. The average Bonchev–Trinajstić information content (AvgIpc) is 3.18. The molecule has 3 rings (SSSR count). The summed E-state index contributed by atoms with van der Waals surface area (Å²) in [4.78, 5) is 16.8. The molecular weight excluding hydrogens is 495 g/mol. The SMILES string of the molecule is CCNC(=NCc1cccc(NC(=O)C2CCC2)c1)NCCCOC1CCOC1.I. The minimum Gasteiger partial charge on any atom is -0.379 e. The Morgan fingerprint density at radius 3 is 2.83 bits per heavy atom. The highest BCUT2D eigenvalue weighted by molar-refractivity contribution is 14.0. The molecule has 0 spiro atoms. The topological polar surface area (TPSA) is 84.0 Å². The van der Waals surface area contributed by atoms with Gasteiger partial charge in [-0.25, -0.2) is 4.99 Å². The minimum atomic E-state index is 0. The van der Waals surface area contributed by atoms with Crippen LogP contribution in [0.25, 0.3) is 0 Å². The number of hydrogen-bond acceptors (Lipinski definition) is 4. The smallest absolute Gasteiger partial charge is 0.227 e. The highest BCUT2D eigenvalue weighted by Gasteiger charge is 2.25. The van der Waals surface area contributed by atoms with Crippen LogP contribution in [-0.4, -0.2) is 50.9 Å². The number of halogens is 1. The summed E-state index contributed by atoms with van der Waals surface area (Å²) in [5, 5.41) is 9.65. The molecule has 1 unspecified atom stereocenters. The number of nitrogens with zero attached hydrogens (tertiary/aromatic N) is 1. The first-order valence-electron chi connectivity index (χ1n) is 10.9. The van der Waals surface area contributed by atoms with Crippen LogP contribution in [0.4, 0.5) is 5.69 Å². The normalized spacial score (nSPS) is 19.0. The van der Waals surface area contributed by atoms with Gasteiger partial charge in [0.25, 0.3) is 0 Å². The first kappa shape index (κ1) is 24.9. The fourth-order valence-electron chi connectivity index (χ4n) is 3.35. The Balaban J connectivity index is 0.00000320. The largest absolute Gasteiger partial charge is 0.379 e. The second-order valence-corrected chi connectivity index (χ2v) is 7.65. The molecule has 1 saturated carbocycles. The fraction of sp³-hybridized carbons (Fsp3) is 0.636. The zero-order chi connectivity index (χ0) is 20.3. The van der Waals surface area contributed by atoms with Gasteiger partial charge in [-0.3, -0.25) is 4.79 Å². The maximum absolute atomic E-state index is 12.1. The van der Waals surface area contributed by atoms with Gasteiger partial charge in [0.05, 0.1) is 19.3 Å². The summed E-state index contributed by atoms with van der Waals surface area (Å²) in [7, 11) is 0. The van der Waals surface area contributed by atoms with Crippen molar-refractivity contribution in [2.24, 2.45) is 10.9 Å². The molecule has 1 amide bonds. The lowest BCUT2D eigenvalue weighted by Gasteiger charge is -2.24. The van der Waals surface area contributed by atoms with Crippen molar-refractivity contribution < 1.29 is 14.3 Å². The van der Waals surface area contributed by atoms with E-state index in [1.165, 1.54) is 0 Å². The van der Waals surface area contributed by atoms with E-state index in [1.807, 2.05) is 24.3 Å². The highest BCUT2D eigenvalue weighted by Crippen LogP contribution is 2.27. The second-order valence-electron chi connectivity index (χ2n) is 7.65. The van der Waals surface area contributed by atoms with Crippen molar-refractivity contribution in [2.75, 3.05) is 38.2 Å². The summed E-state index contributed by atoms with van der Waals surface area (Å²) in [5.41, 5.74) is 1.92. The number of rotatable bonds is 10. The molecule has 30 heavy (non-hydrogen) atoms. The van der Waals surface area contributed by atoms with E-state index in [0.717, 1.165) is 82.2 Å². The van der Waals surface area contributed by atoms with Gasteiger partial charge in [0.2, 0.25) is 5.91 Å². The van der Waals surface area contributed by atoms with Gasteiger partial charge in [0.1, 0.15) is 0 Å². The molecule has 0 aromatic heterocycles. The monoisotopic (exact) mass is 530 g/mol. The van der Waals surface area contributed by atoms with Gasteiger partial charge in [0.15, 0.2) is 5.96 Å². The van der Waals surface area contributed by atoms with Gasteiger partial charge in [-0.15, -0.1) is 24.0 Å². The van der Waals surface area contributed by atoms with Crippen molar-refractivity contribution in [2.45, 2.75) is 51.7 Å². The Kier molecular flexibility index (Phi) is 11.5. The number of ether oxygens (including phenoxy) is 2. The van der Waals surface area contributed by atoms with Crippen molar-refractivity contribution in [1.29, 1.82) is 0 Å². The maximum atomic E-state index is 12.1. The number of aliphatic imine (C=N–C) groups is 1. The average molecular weight is 530 g/mol. The van der Waals surface area contributed by atoms with Crippen molar-refractivity contribution in [1.82, 2.24) is 10.6 Å². The van der Waals surface area contributed by atoms with E-state index in [4.69, 9.17) is 9.47 Å². The van der Waals surface area contributed by atoms with Crippen molar-refractivity contribution in [3.05, 3.63) is 29.8 Å². The summed E-state index contributed by atoms with van der Waals surface area (Å²) in [6.45, 7) is 6.47. The van der Waals surface area contributed by atoms with E-state index in [0.29, 0.717) is 6.54 Å². The van der Waals surface area contributed by atoms with Crippen LogP contribution in [0.2, 0.25) is 0 Å². The van der Waals surface area contributed by atoms with Crippen LogP contribution in [-0.2, 0) is 20.8 Å². The van der Waals surface area contributed by atoms with Crippen molar-refractivity contribution in [3.63, 3.8) is 0 Å². The number of guanidine groups is 1. The lowest BCUT2D eigenvalue weighted by molar-refractivity contribution is -0.122. The molecule has 7 nitrogen and oxygen atoms in total. The molecule has 1 heterocycles. The number of amides is 1. The highest BCUT2D eigenvalue weighted by atomic mass is 127. The first-order chi connectivity index (χ1) is 14.2. The maximum Gasteiger partial charge on any atom is 0.227 e. The molecule has 1 aliphatic heterocycles. The van der Waals surface area contributed by atoms with Crippen LogP contribution >= 0.6 is 24.0 Å². The predicted molar refractivity (Wildman–Crippen MR) is 130 cm³/mol. The van der Waals surface area contributed by atoms with Gasteiger partial charge in [0, 0.05) is 37.9 Å². The number of carbonyl (C=O) groups excluding carboxylic acids is 1. The Bertz CT molecular complexity index is 676. The summed E-state index contributed by atoms with van der Waals surface area (Å²) in [5.74, 6) is 1.12. The molecule has 1 aromatic carbocycles. The van der Waals surface area contributed by atoms with Gasteiger partial charge >= 0.3 is 0 Å². The van der Waals surface area contributed by atoms with E-state index in [9.17, 15) is 4.79 Å². The molecule has 0 bridgehead atoms. The molecule has 1 atom stereocenters. The fourth-order valence-corrected chi connectivity index (χ4v) is 3.35. The molecule has 0 radical (unpaired) electrons. The second kappa shape index (κ2) is 13.8. The van der Waals surface area contributed by atoms with E-state index in [-0.39, 0.29) is 41.9 Å². The Hall–Kier alpha value is -1.39. The summed E-state index contributed by atoms with van der Waals surface area (Å²) in [6, 6.07) is 7.93. The Morgan fingerprint density at radius 1 is 1.27 bits per heavy atom. The molecule has 1 saturated heterocycles. The lowest BCUT2D eigenvalue weighted by Crippen LogP contribution is -2.38. The van der Waals surface area contributed by atoms with Crippen molar-refractivity contribution in [3.8, 4) is 0 Å². The standard InChI is InChI=1S/C22H34N4O3.HI/c1-2-23-22(24-11-5-12-29-20-10-13-28-16-20)25-15-17-6-3-9-19(14-17)26-21(27)18-7-4-8-18;/h3,6,9,14,18,20H,2,4-5,7-8,10-13,15-16H2,1H3,(H,26,27)(H2,23,24,25);1H. The molecule has 1 aromatic rings. The van der Waals surface area contributed by atoms with Crippen LogP contribution < -0.4 is 16.0 Å². The van der Waals surface area contributed by atoms with Crippen LogP contribution in [0, 0.1) is 5.92 Å². The van der Waals surface area contributed by atoms with Crippen molar-refractivity contribution >= 4 is 41.5 Å². The molecule has 8 heteroatoms. The third-order valence-corrected chi connectivity index (χ3v) is 5.29. The Morgan fingerprint density at radius 2 is 2.13 bits per heavy atom. The molecule has 3 N–H and O–H groups in total. The van der Waals surface area contributed by atoms with Gasteiger partial charge in [-0.05, 0) is 50.3 Å².